The lowest BCUT2D eigenvalue weighted by atomic mass is 9.97. The number of piperidine rings is 1. The van der Waals surface area contributed by atoms with E-state index in [9.17, 15) is 9.59 Å². The van der Waals surface area contributed by atoms with Crippen molar-refractivity contribution in [1.29, 1.82) is 0 Å². The summed E-state index contributed by atoms with van der Waals surface area (Å²) >= 11 is 5.64. The SMILES string of the molecule is NC(=O)NCC1CCCN(C(=O)c2cc(I)ccc2Br)C1. The molecule has 1 fully saturated rings. The van der Waals surface area contributed by atoms with Gasteiger partial charge in [0.1, 0.15) is 0 Å². The number of benzene rings is 1. The molecule has 0 saturated carbocycles. The van der Waals surface area contributed by atoms with Gasteiger partial charge in [0, 0.05) is 27.7 Å². The molecule has 0 spiro atoms. The fourth-order valence-electron chi connectivity index (χ4n) is 2.49. The molecule has 0 bridgehead atoms. The van der Waals surface area contributed by atoms with Crippen molar-refractivity contribution < 1.29 is 9.59 Å². The quantitative estimate of drug-likeness (QED) is 0.673. The van der Waals surface area contributed by atoms with E-state index in [1.165, 1.54) is 0 Å². The van der Waals surface area contributed by atoms with E-state index in [1.54, 1.807) is 0 Å². The number of nitrogens with one attached hydrogen (secondary N) is 1. The largest absolute Gasteiger partial charge is 0.352 e. The Bertz CT molecular complexity index is 553. The Morgan fingerprint density at radius 2 is 2.24 bits per heavy atom. The minimum atomic E-state index is -0.515. The lowest BCUT2D eigenvalue weighted by molar-refractivity contribution is 0.0674. The van der Waals surface area contributed by atoms with Crippen LogP contribution in [0.3, 0.4) is 0 Å². The predicted octanol–water partition coefficient (Wildman–Crippen LogP) is 2.57. The van der Waals surface area contributed by atoms with E-state index in [1.807, 2.05) is 23.1 Å². The second-order valence-corrected chi connectivity index (χ2v) is 7.23. The van der Waals surface area contributed by atoms with Crippen molar-refractivity contribution in [2.75, 3.05) is 19.6 Å². The molecule has 7 heteroatoms. The average Bonchev–Trinajstić information content (AvgIpc) is 2.47. The second-order valence-electron chi connectivity index (χ2n) is 5.13. The van der Waals surface area contributed by atoms with Crippen LogP contribution in [0.1, 0.15) is 23.2 Å². The fraction of sp³-hybridized carbons (Fsp3) is 0.429. The molecule has 0 radical (unpaired) electrons. The fourth-order valence-corrected chi connectivity index (χ4v) is 3.40. The van der Waals surface area contributed by atoms with Gasteiger partial charge in [0.25, 0.3) is 5.91 Å². The third kappa shape index (κ3) is 4.57. The molecular weight excluding hydrogens is 449 g/mol. The zero-order chi connectivity index (χ0) is 15.4. The number of nitrogens with two attached hydrogens (primary N) is 1. The Balaban J connectivity index is 2.05. The third-order valence-electron chi connectivity index (χ3n) is 3.53. The number of halogens is 2. The number of hydrogen-bond acceptors (Lipinski definition) is 2. The van der Waals surface area contributed by atoms with Gasteiger partial charge in [-0.15, -0.1) is 0 Å². The maximum atomic E-state index is 12.6. The normalized spacial score (nSPS) is 18.4. The van der Waals surface area contributed by atoms with Crippen LogP contribution in [0.2, 0.25) is 0 Å². The molecule has 5 nitrogen and oxygen atoms in total. The molecule has 3 N–H and O–H groups in total. The molecule has 1 heterocycles. The van der Waals surface area contributed by atoms with Gasteiger partial charge in [-0.2, -0.15) is 0 Å². The van der Waals surface area contributed by atoms with Gasteiger partial charge < -0.3 is 16.0 Å². The Hall–Kier alpha value is -0.830. The van der Waals surface area contributed by atoms with Crippen molar-refractivity contribution in [1.82, 2.24) is 10.2 Å². The second kappa shape index (κ2) is 7.44. The highest BCUT2D eigenvalue weighted by Gasteiger charge is 2.25. The maximum absolute atomic E-state index is 12.6. The van der Waals surface area contributed by atoms with Gasteiger partial charge >= 0.3 is 6.03 Å². The Morgan fingerprint density at radius 1 is 1.48 bits per heavy atom. The molecule has 0 aromatic heterocycles. The topological polar surface area (TPSA) is 75.4 Å². The minimum Gasteiger partial charge on any atom is -0.352 e. The summed E-state index contributed by atoms with van der Waals surface area (Å²) in [5.74, 6) is 0.293. The molecule has 1 saturated heterocycles. The summed E-state index contributed by atoms with van der Waals surface area (Å²) in [6.45, 7) is 1.92. The van der Waals surface area contributed by atoms with Crippen LogP contribution in [0.15, 0.2) is 22.7 Å². The number of hydrogen-bond donors (Lipinski definition) is 2. The van der Waals surface area contributed by atoms with Crippen LogP contribution in [0, 0.1) is 9.49 Å². The summed E-state index contributed by atoms with van der Waals surface area (Å²) in [5, 5.41) is 2.63. The average molecular weight is 466 g/mol. The lowest BCUT2D eigenvalue weighted by Gasteiger charge is -2.33. The van der Waals surface area contributed by atoms with E-state index < -0.39 is 6.03 Å². The Labute approximate surface area is 145 Å². The maximum Gasteiger partial charge on any atom is 0.312 e. The molecule has 1 aliphatic heterocycles. The van der Waals surface area contributed by atoms with E-state index in [2.05, 4.69) is 43.8 Å². The molecule has 1 aromatic carbocycles. The Morgan fingerprint density at radius 3 is 2.95 bits per heavy atom. The van der Waals surface area contributed by atoms with Crippen LogP contribution in [0.25, 0.3) is 0 Å². The van der Waals surface area contributed by atoms with Crippen LogP contribution in [-0.2, 0) is 0 Å². The molecule has 114 valence electrons. The molecule has 0 aliphatic carbocycles. The van der Waals surface area contributed by atoms with Gasteiger partial charge in [0.15, 0.2) is 0 Å². The van der Waals surface area contributed by atoms with Gasteiger partial charge in [-0.25, -0.2) is 4.79 Å². The van der Waals surface area contributed by atoms with E-state index in [0.717, 1.165) is 27.4 Å². The zero-order valence-electron chi connectivity index (χ0n) is 11.4. The highest BCUT2D eigenvalue weighted by atomic mass is 127. The Kier molecular flexibility index (Phi) is 5.86. The van der Waals surface area contributed by atoms with Gasteiger partial charge in [-0.1, -0.05) is 0 Å². The van der Waals surface area contributed by atoms with Gasteiger partial charge in [0.2, 0.25) is 0 Å². The summed E-state index contributed by atoms with van der Waals surface area (Å²) in [5.41, 5.74) is 5.78. The lowest BCUT2D eigenvalue weighted by Crippen LogP contribution is -2.44. The molecule has 1 aliphatic rings. The smallest absolute Gasteiger partial charge is 0.312 e. The first kappa shape index (κ1) is 16.5. The van der Waals surface area contributed by atoms with Crippen molar-refractivity contribution in [3.8, 4) is 0 Å². The van der Waals surface area contributed by atoms with E-state index in [-0.39, 0.29) is 11.8 Å². The highest BCUT2D eigenvalue weighted by Crippen LogP contribution is 2.24. The first-order chi connectivity index (χ1) is 9.97. The number of amides is 3. The highest BCUT2D eigenvalue weighted by molar-refractivity contribution is 14.1. The first-order valence-corrected chi connectivity index (χ1v) is 8.62. The summed E-state index contributed by atoms with van der Waals surface area (Å²) < 4.78 is 1.84. The number of urea groups is 1. The molecule has 3 amide bonds. The molecule has 1 atom stereocenters. The predicted molar refractivity (Wildman–Crippen MR) is 93.1 cm³/mol. The van der Waals surface area contributed by atoms with Gasteiger partial charge in [0.05, 0.1) is 5.56 Å². The number of carbonyl (C=O) groups is 2. The van der Waals surface area contributed by atoms with Crippen molar-refractivity contribution in [2.45, 2.75) is 12.8 Å². The number of primary amides is 1. The minimum absolute atomic E-state index is 0.0316. The van der Waals surface area contributed by atoms with Crippen LogP contribution in [0.5, 0.6) is 0 Å². The number of carbonyl (C=O) groups excluding carboxylic acids is 2. The number of rotatable bonds is 3. The van der Waals surface area contributed by atoms with Crippen molar-refractivity contribution in [3.63, 3.8) is 0 Å². The summed E-state index contributed by atoms with van der Waals surface area (Å²) in [6, 6.07) is 5.22. The summed E-state index contributed by atoms with van der Waals surface area (Å²) in [7, 11) is 0. The van der Waals surface area contributed by atoms with Gasteiger partial charge in [-0.05, 0) is 75.5 Å². The van der Waals surface area contributed by atoms with Crippen LogP contribution in [0.4, 0.5) is 4.79 Å². The third-order valence-corrected chi connectivity index (χ3v) is 4.89. The summed E-state index contributed by atoms with van der Waals surface area (Å²) in [6.07, 6.45) is 1.94. The van der Waals surface area contributed by atoms with Crippen molar-refractivity contribution in [3.05, 3.63) is 31.8 Å². The van der Waals surface area contributed by atoms with Crippen molar-refractivity contribution >= 4 is 50.5 Å². The molecule has 1 aromatic rings. The number of likely N-dealkylation sites (tertiary alicyclic amines) is 1. The van der Waals surface area contributed by atoms with Crippen LogP contribution in [-0.4, -0.2) is 36.5 Å². The van der Waals surface area contributed by atoms with Crippen molar-refractivity contribution in [2.24, 2.45) is 11.7 Å². The van der Waals surface area contributed by atoms with E-state index in [0.29, 0.717) is 18.7 Å². The molecular formula is C14H17BrIN3O2. The van der Waals surface area contributed by atoms with E-state index in [4.69, 9.17) is 5.73 Å². The molecule has 2 rings (SSSR count). The van der Waals surface area contributed by atoms with Gasteiger partial charge in [-0.3, -0.25) is 4.79 Å². The molecule has 1 unspecified atom stereocenters. The van der Waals surface area contributed by atoms with Crippen LogP contribution < -0.4 is 11.1 Å². The summed E-state index contributed by atoms with van der Waals surface area (Å²) in [4.78, 5) is 25.3. The van der Waals surface area contributed by atoms with E-state index >= 15 is 0 Å². The van der Waals surface area contributed by atoms with Crippen LogP contribution >= 0.6 is 38.5 Å². The standard InChI is InChI=1S/C14H17BrIN3O2/c15-12-4-3-10(16)6-11(12)13(20)19-5-1-2-9(8-19)7-18-14(17)21/h3-4,6,9H,1-2,5,7-8H2,(H3,17,18,21). The molecule has 21 heavy (non-hydrogen) atoms. The monoisotopic (exact) mass is 465 g/mol. The zero-order valence-corrected chi connectivity index (χ0v) is 15.2. The number of nitrogens with zero attached hydrogens (tertiary/aromatic N) is 1. The first-order valence-electron chi connectivity index (χ1n) is 6.75.